The molecule has 0 radical (unpaired) electrons. The number of rotatable bonds is 4. The first kappa shape index (κ1) is 13.8. The number of nitrogens with two attached hydrogens (primary N) is 1. The third kappa shape index (κ3) is 3.36. The van der Waals surface area contributed by atoms with E-state index in [0.717, 1.165) is 0 Å². The molecule has 0 aliphatic rings. The first-order valence-corrected chi connectivity index (χ1v) is 5.31. The SMILES string of the molecule is COc1ccc(C(CCN)C(F)(F)F)cc1C. The largest absolute Gasteiger partial charge is 0.496 e. The molecule has 1 rings (SSSR count). The van der Waals surface area contributed by atoms with Crippen molar-refractivity contribution in [1.29, 1.82) is 0 Å². The van der Waals surface area contributed by atoms with Crippen LogP contribution < -0.4 is 10.5 Å². The Morgan fingerprint density at radius 3 is 2.41 bits per heavy atom. The van der Waals surface area contributed by atoms with Crippen molar-refractivity contribution in [3.05, 3.63) is 29.3 Å². The van der Waals surface area contributed by atoms with E-state index in [4.69, 9.17) is 10.5 Å². The number of aryl methyl sites for hydroxylation is 1. The molecule has 1 aromatic carbocycles. The molecule has 0 amide bonds. The number of methoxy groups -OCH3 is 1. The van der Waals surface area contributed by atoms with Gasteiger partial charge in [0.05, 0.1) is 13.0 Å². The van der Waals surface area contributed by atoms with Gasteiger partial charge in [0.25, 0.3) is 0 Å². The van der Waals surface area contributed by atoms with E-state index in [1.807, 2.05) is 0 Å². The Balaban J connectivity index is 3.07. The summed E-state index contributed by atoms with van der Waals surface area (Å²) in [5.74, 6) is -0.917. The predicted molar refractivity (Wildman–Crippen MR) is 60.2 cm³/mol. The van der Waals surface area contributed by atoms with Crippen LogP contribution >= 0.6 is 0 Å². The molecular weight excluding hydrogens is 231 g/mol. The second-order valence-electron chi connectivity index (χ2n) is 3.90. The van der Waals surface area contributed by atoms with E-state index < -0.39 is 12.1 Å². The fraction of sp³-hybridized carbons (Fsp3) is 0.500. The number of ether oxygens (including phenoxy) is 1. The van der Waals surface area contributed by atoms with Gasteiger partial charge in [-0.25, -0.2) is 0 Å². The second-order valence-corrected chi connectivity index (χ2v) is 3.90. The van der Waals surface area contributed by atoms with Crippen LogP contribution in [0.5, 0.6) is 5.75 Å². The van der Waals surface area contributed by atoms with E-state index in [0.29, 0.717) is 11.3 Å². The summed E-state index contributed by atoms with van der Waals surface area (Å²) in [6.45, 7) is 1.73. The zero-order valence-corrected chi connectivity index (χ0v) is 9.84. The highest BCUT2D eigenvalue weighted by Crippen LogP contribution is 2.38. The molecule has 2 N–H and O–H groups in total. The van der Waals surface area contributed by atoms with Crippen LogP contribution in [0.1, 0.15) is 23.5 Å². The summed E-state index contributed by atoms with van der Waals surface area (Å²) in [7, 11) is 1.49. The maximum absolute atomic E-state index is 12.8. The fourth-order valence-electron chi connectivity index (χ4n) is 1.80. The quantitative estimate of drug-likeness (QED) is 0.887. The lowest BCUT2D eigenvalue weighted by Crippen LogP contribution is -2.23. The van der Waals surface area contributed by atoms with Crippen LogP contribution in [0.3, 0.4) is 0 Å². The molecule has 0 bridgehead atoms. The Bertz CT molecular complexity index is 377. The molecule has 0 heterocycles. The molecule has 1 unspecified atom stereocenters. The van der Waals surface area contributed by atoms with Gasteiger partial charge in [0, 0.05) is 0 Å². The van der Waals surface area contributed by atoms with Crippen molar-refractivity contribution in [3.8, 4) is 5.75 Å². The molecule has 17 heavy (non-hydrogen) atoms. The molecule has 0 aliphatic heterocycles. The maximum atomic E-state index is 12.8. The summed E-state index contributed by atoms with van der Waals surface area (Å²) in [6.07, 6.45) is -4.37. The second kappa shape index (κ2) is 5.40. The van der Waals surface area contributed by atoms with Gasteiger partial charge in [-0.05, 0) is 37.1 Å². The predicted octanol–water partition coefficient (Wildman–Crippen LogP) is 3.00. The van der Waals surface area contributed by atoms with Gasteiger partial charge < -0.3 is 10.5 Å². The van der Waals surface area contributed by atoms with Crippen LogP contribution in [0.25, 0.3) is 0 Å². The zero-order chi connectivity index (χ0) is 13.1. The van der Waals surface area contributed by atoms with Crippen LogP contribution in [-0.4, -0.2) is 19.8 Å². The molecule has 0 aromatic heterocycles. The molecule has 0 aliphatic carbocycles. The van der Waals surface area contributed by atoms with E-state index in [1.54, 1.807) is 13.0 Å². The summed E-state index contributed by atoms with van der Waals surface area (Å²) in [6, 6.07) is 4.51. The van der Waals surface area contributed by atoms with Gasteiger partial charge in [-0.2, -0.15) is 13.2 Å². The summed E-state index contributed by atoms with van der Waals surface area (Å²) in [5.41, 5.74) is 6.16. The molecule has 0 saturated carbocycles. The van der Waals surface area contributed by atoms with Gasteiger partial charge >= 0.3 is 6.18 Å². The summed E-state index contributed by atoms with van der Waals surface area (Å²) in [4.78, 5) is 0. The minimum atomic E-state index is -4.26. The molecule has 1 aromatic rings. The number of benzene rings is 1. The molecule has 0 saturated heterocycles. The first-order chi connectivity index (χ1) is 7.90. The van der Waals surface area contributed by atoms with Gasteiger partial charge in [0.15, 0.2) is 0 Å². The van der Waals surface area contributed by atoms with Crippen molar-refractivity contribution in [1.82, 2.24) is 0 Å². The van der Waals surface area contributed by atoms with Crippen LogP contribution in [-0.2, 0) is 0 Å². The van der Waals surface area contributed by atoms with Crippen molar-refractivity contribution in [3.63, 3.8) is 0 Å². The average Bonchev–Trinajstić information content (AvgIpc) is 2.24. The lowest BCUT2D eigenvalue weighted by molar-refractivity contribution is -0.151. The molecule has 0 spiro atoms. The first-order valence-electron chi connectivity index (χ1n) is 5.31. The normalized spacial score (nSPS) is 13.5. The third-order valence-corrected chi connectivity index (χ3v) is 2.67. The molecule has 5 heteroatoms. The van der Waals surface area contributed by atoms with Crippen LogP contribution in [0.15, 0.2) is 18.2 Å². The smallest absolute Gasteiger partial charge is 0.395 e. The van der Waals surface area contributed by atoms with Crippen molar-refractivity contribution in [2.45, 2.75) is 25.4 Å². The number of hydrogen-bond acceptors (Lipinski definition) is 2. The van der Waals surface area contributed by atoms with Gasteiger partial charge in [-0.3, -0.25) is 0 Å². The van der Waals surface area contributed by atoms with Crippen LogP contribution in [0, 0.1) is 6.92 Å². The topological polar surface area (TPSA) is 35.2 Å². The highest BCUT2D eigenvalue weighted by atomic mass is 19.4. The highest BCUT2D eigenvalue weighted by Gasteiger charge is 2.40. The number of halogens is 3. The van der Waals surface area contributed by atoms with Crippen molar-refractivity contribution in [2.75, 3.05) is 13.7 Å². The highest BCUT2D eigenvalue weighted by molar-refractivity contribution is 5.38. The summed E-state index contributed by atoms with van der Waals surface area (Å²) >= 11 is 0. The lowest BCUT2D eigenvalue weighted by atomic mass is 9.93. The average molecular weight is 247 g/mol. The standard InChI is InChI=1S/C12H16F3NO/c1-8-7-9(3-4-11(8)17-2)10(5-6-16)12(13,14)15/h3-4,7,10H,5-6,16H2,1-2H3. The Labute approximate surface area is 98.6 Å². The van der Waals surface area contributed by atoms with Crippen LogP contribution in [0.4, 0.5) is 13.2 Å². The van der Waals surface area contributed by atoms with E-state index in [2.05, 4.69) is 0 Å². The number of hydrogen-bond donors (Lipinski definition) is 1. The maximum Gasteiger partial charge on any atom is 0.395 e. The summed E-state index contributed by atoms with van der Waals surface area (Å²) in [5, 5.41) is 0. The molecule has 2 nitrogen and oxygen atoms in total. The molecular formula is C12H16F3NO. The van der Waals surface area contributed by atoms with Gasteiger partial charge in [-0.1, -0.05) is 12.1 Å². The van der Waals surface area contributed by atoms with Crippen molar-refractivity contribution >= 4 is 0 Å². The fourth-order valence-corrected chi connectivity index (χ4v) is 1.80. The Morgan fingerprint density at radius 2 is 2.00 bits per heavy atom. The Kier molecular flexibility index (Phi) is 4.40. The Hall–Kier alpha value is -1.23. The van der Waals surface area contributed by atoms with Crippen molar-refractivity contribution < 1.29 is 17.9 Å². The van der Waals surface area contributed by atoms with Gasteiger partial charge in [0.1, 0.15) is 5.75 Å². The minimum absolute atomic E-state index is 0.00918. The summed E-state index contributed by atoms with van der Waals surface area (Å²) < 4.78 is 43.5. The van der Waals surface area contributed by atoms with Gasteiger partial charge in [-0.15, -0.1) is 0 Å². The van der Waals surface area contributed by atoms with E-state index in [9.17, 15) is 13.2 Å². The van der Waals surface area contributed by atoms with Crippen LogP contribution in [0.2, 0.25) is 0 Å². The zero-order valence-electron chi connectivity index (χ0n) is 9.84. The van der Waals surface area contributed by atoms with Crippen molar-refractivity contribution in [2.24, 2.45) is 5.73 Å². The minimum Gasteiger partial charge on any atom is -0.496 e. The molecule has 0 fully saturated rings. The van der Waals surface area contributed by atoms with E-state index >= 15 is 0 Å². The molecule has 96 valence electrons. The van der Waals surface area contributed by atoms with E-state index in [1.165, 1.54) is 19.2 Å². The molecule has 1 atom stereocenters. The van der Waals surface area contributed by atoms with E-state index in [-0.39, 0.29) is 18.5 Å². The lowest BCUT2D eigenvalue weighted by Gasteiger charge is -2.21. The third-order valence-electron chi connectivity index (χ3n) is 2.67. The monoisotopic (exact) mass is 247 g/mol. The number of alkyl halides is 3. The van der Waals surface area contributed by atoms with Gasteiger partial charge in [0.2, 0.25) is 0 Å². The Morgan fingerprint density at radius 1 is 1.35 bits per heavy atom.